The van der Waals surface area contributed by atoms with Crippen molar-refractivity contribution in [2.45, 2.75) is 26.3 Å². The smallest absolute Gasteiger partial charge is 0.345 e. The summed E-state index contributed by atoms with van der Waals surface area (Å²) in [6.45, 7) is 4.63. The second kappa shape index (κ2) is 9.85. The van der Waals surface area contributed by atoms with Gasteiger partial charge in [0.05, 0.1) is 5.92 Å². The largest absolute Gasteiger partial charge is 0.477 e. The van der Waals surface area contributed by atoms with Crippen LogP contribution in [0.3, 0.4) is 0 Å². The zero-order valence-corrected chi connectivity index (χ0v) is 20.8. The summed E-state index contributed by atoms with van der Waals surface area (Å²) in [5.74, 6) is 0.160. The van der Waals surface area contributed by atoms with Crippen LogP contribution < -0.4 is 5.32 Å². The van der Waals surface area contributed by atoms with E-state index in [0.29, 0.717) is 23.1 Å². The molecule has 3 aromatic heterocycles. The lowest BCUT2D eigenvalue weighted by molar-refractivity contribution is 0.0702. The molecule has 3 heterocycles. The Balaban J connectivity index is 1.33. The number of nitrogens with one attached hydrogen (secondary N) is 1. The number of rotatable bonds is 8. The molecule has 0 saturated carbocycles. The molecule has 1 atom stereocenters. The molecular formula is C27H23N3O3S2. The highest BCUT2D eigenvalue weighted by Crippen LogP contribution is 2.31. The first-order valence-corrected chi connectivity index (χ1v) is 12.8. The van der Waals surface area contributed by atoms with Crippen LogP contribution >= 0.6 is 22.7 Å². The van der Waals surface area contributed by atoms with E-state index < -0.39 is 5.97 Å². The van der Waals surface area contributed by atoms with Gasteiger partial charge in [0, 0.05) is 27.5 Å². The van der Waals surface area contributed by atoms with E-state index in [1.54, 1.807) is 17.4 Å². The minimum atomic E-state index is -0.903. The highest BCUT2D eigenvalue weighted by Gasteiger charge is 2.18. The number of thiophene rings is 2. The van der Waals surface area contributed by atoms with Crippen molar-refractivity contribution in [3.63, 3.8) is 0 Å². The van der Waals surface area contributed by atoms with E-state index in [1.807, 2.05) is 31.2 Å². The lowest BCUT2D eigenvalue weighted by Crippen LogP contribution is -2.00. The first kappa shape index (κ1) is 23.0. The first-order valence-electron chi connectivity index (χ1n) is 11.1. The Bertz CT molecular complexity index is 1470. The number of benzene rings is 2. The van der Waals surface area contributed by atoms with E-state index in [0.717, 1.165) is 27.3 Å². The predicted molar refractivity (Wildman–Crippen MR) is 140 cm³/mol. The highest BCUT2D eigenvalue weighted by molar-refractivity contribution is 7.14. The molecule has 5 rings (SSSR count). The minimum absolute atomic E-state index is 0.0403. The fourth-order valence-corrected chi connectivity index (χ4v) is 5.31. The Labute approximate surface area is 210 Å². The summed E-state index contributed by atoms with van der Waals surface area (Å²) in [7, 11) is 0. The number of aromatic carboxylic acids is 1. The average molecular weight is 502 g/mol. The van der Waals surface area contributed by atoms with Crippen LogP contribution in [0.1, 0.15) is 44.4 Å². The van der Waals surface area contributed by atoms with E-state index in [2.05, 4.69) is 59.2 Å². The number of hydrogen-bond donors (Lipinski definition) is 2. The Morgan fingerprint density at radius 2 is 1.97 bits per heavy atom. The highest BCUT2D eigenvalue weighted by atomic mass is 32.1. The van der Waals surface area contributed by atoms with Crippen molar-refractivity contribution in [3.8, 4) is 21.8 Å². The van der Waals surface area contributed by atoms with Gasteiger partial charge >= 0.3 is 5.97 Å². The molecule has 0 radical (unpaired) electrons. The Kier molecular flexibility index (Phi) is 6.48. The van der Waals surface area contributed by atoms with Gasteiger partial charge in [-0.25, -0.2) is 4.79 Å². The molecule has 8 heteroatoms. The molecule has 0 bridgehead atoms. The Morgan fingerprint density at radius 1 is 1.09 bits per heavy atom. The van der Waals surface area contributed by atoms with Crippen molar-refractivity contribution >= 4 is 34.3 Å². The van der Waals surface area contributed by atoms with Crippen molar-refractivity contribution < 1.29 is 14.4 Å². The van der Waals surface area contributed by atoms with Gasteiger partial charge in [0.15, 0.2) is 0 Å². The second-order valence-corrected chi connectivity index (χ2v) is 10.4. The maximum absolute atomic E-state index is 11.1. The minimum Gasteiger partial charge on any atom is -0.477 e. The quantitative estimate of drug-likeness (QED) is 0.232. The van der Waals surface area contributed by atoms with Gasteiger partial charge in [-0.2, -0.15) is 4.98 Å². The molecule has 0 amide bonds. The molecule has 0 aliphatic heterocycles. The number of aromatic nitrogens is 2. The number of carbonyl (C=O) groups is 1. The number of aryl methyl sites for hydroxylation is 1. The first-order chi connectivity index (χ1) is 17.0. The average Bonchev–Trinajstić information content (AvgIpc) is 3.65. The normalized spacial score (nSPS) is 11.9. The van der Waals surface area contributed by atoms with Crippen molar-refractivity contribution in [2.24, 2.45) is 0 Å². The van der Waals surface area contributed by atoms with Crippen LogP contribution in [0.4, 0.5) is 5.69 Å². The van der Waals surface area contributed by atoms with Crippen molar-refractivity contribution in [1.82, 2.24) is 10.1 Å². The van der Waals surface area contributed by atoms with Crippen LogP contribution in [0.5, 0.6) is 0 Å². The number of hydrogen-bond acceptors (Lipinski definition) is 7. The third kappa shape index (κ3) is 5.03. The number of anilines is 1. The predicted octanol–water partition coefficient (Wildman–Crippen LogP) is 7.30. The van der Waals surface area contributed by atoms with Gasteiger partial charge in [0.1, 0.15) is 4.88 Å². The van der Waals surface area contributed by atoms with Crippen molar-refractivity contribution in [3.05, 3.63) is 98.9 Å². The molecule has 0 saturated heterocycles. The van der Waals surface area contributed by atoms with E-state index in [-0.39, 0.29) is 5.92 Å². The summed E-state index contributed by atoms with van der Waals surface area (Å²) in [6, 6.07) is 22.1. The van der Waals surface area contributed by atoms with Crippen LogP contribution in [0.15, 0.2) is 76.6 Å². The molecule has 35 heavy (non-hydrogen) atoms. The SMILES string of the molecule is Cc1ccc(-c2noc(C(C)c3cccc(-c4cccs4)c3)n2)cc1NCc1ccc(C(=O)O)s1. The summed E-state index contributed by atoms with van der Waals surface area (Å²) in [5.41, 5.74) is 5.17. The molecule has 6 nitrogen and oxygen atoms in total. The zero-order valence-electron chi connectivity index (χ0n) is 19.2. The second-order valence-electron chi connectivity index (χ2n) is 8.24. The molecule has 2 aromatic carbocycles. The van der Waals surface area contributed by atoms with Gasteiger partial charge < -0.3 is 14.9 Å². The number of carboxylic acids is 1. The molecule has 1 unspecified atom stereocenters. The maximum atomic E-state index is 11.1. The Morgan fingerprint density at radius 3 is 2.74 bits per heavy atom. The van der Waals surface area contributed by atoms with Crippen LogP contribution in [0, 0.1) is 6.92 Å². The fourth-order valence-electron chi connectivity index (χ4n) is 3.80. The number of nitrogens with zero attached hydrogens (tertiary/aromatic N) is 2. The van der Waals surface area contributed by atoms with Gasteiger partial charge in [-0.1, -0.05) is 41.6 Å². The maximum Gasteiger partial charge on any atom is 0.345 e. The lowest BCUT2D eigenvalue weighted by atomic mass is 9.98. The molecular weight excluding hydrogens is 478 g/mol. The standard InChI is InChI=1S/C27H23N3O3S2/c1-16-8-9-20(14-22(16)28-15-21-10-11-24(35-21)27(31)32)25-29-26(33-30-25)17(2)18-5-3-6-19(13-18)23-7-4-12-34-23/h3-14,17,28H,15H2,1-2H3,(H,31,32). The summed E-state index contributed by atoms with van der Waals surface area (Å²) >= 11 is 2.99. The third-order valence-corrected chi connectivity index (χ3v) is 7.82. The van der Waals surface area contributed by atoms with Gasteiger partial charge in [-0.15, -0.1) is 22.7 Å². The molecule has 0 fully saturated rings. The van der Waals surface area contributed by atoms with Crippen LogP contribution in [-0.4, -0.2) is 21.2 Å². The molecule has 176 valence electrons. The summed E-state index contributed by atoms with van der Waals surface area (Å²) in [5, 5.41) is 18.8. The molecule has 5 aromatic rings. The van der Waals surface area contributed by atoms with E-state index in [9.17, 15) is 4.79 Å². The van der Waals surface area contributed by atoms with E-state index >= 15 is 0 Å². The van der Waals surface area contributed by atoms with Crippen molar-refractivity contribution in [1.29, 1.82) is 0 Å². The lowest BCUT2D eigenvalue weighted by Gasteiger charge is -2.10. The Hall–Kier alpha value is -3.75. The summed E-state index contributed by atoms with van der Waals surface area (Å²) in [4.78, 5) is 18.3. The molecule has 0 spiro atoms. The van der Waals surface area contributed by atoms with Gasteiger partial charge in [0.2, 0.25) is 11.7 Å². The van der Waals surface area contributed by atoms with Crippen LogP contribution in [0.25, 0.3) is 21.8 Å². The molecule has 0 aliphatic carbocycles. The monoisotopic (exact) mass is 501 g/mol. The van der Waals surface area contributed by atoms with Gasteiger partial charge in [-0.3, -0.25) is 0 Å². The van der Waals surface area contributed by atoms with Crippen LogP contribution in [0.2, 0.25) is 0 Å². The number of carboxylic acid groups (broad SMARTS) is 1. The fraction of sp³-hybridized carbons (Fsp3) is 0.148. The van der Waals surface area contributed by atoms with Gasteiger partial charge in [0.25, 0.3) is 0 Å². The van der Waals surface area contributed by atoms with Gasteiger partial charge in [-0.05, 0) is 66.2 Å². The van der Waals surface area contributed by atoms with Crippen molar-refractivity contribution in [2.75, 3.05) is 5.32 Å². The molecule has 0 aliphatic rings. The van der Waals surface area contributed by atoms with E-state index in [1.165, 1.54) is 21.8 Å². The summed E-state index contributed by atoms with van der Waals surface area (Å²) < 4.78 is 5.66. The third-order valence-electron chi connectivity index (χ3n) is 5.83. The van der Waals surface area contributed by atoms with Crippen LogP contribution in [-0.2, 0) is 6.54 Å². The topological polar surface area (TPSA) is 88.3 Å². The molecule has 2 N–H and O–H groups in total. The zero-order chi connectivity index (χ0) is 24.4. The summed E-state index contributed by atoms with van der Waals surface area (Å²) in [6.07, 6.45) is 0. The van der Waals surface area contributed by atoms with E-state index in [4.69, 9.17) is 14.6 Å².